The number of likely N-dealkylation sites (tertiary alicyclic amines) is 1. The summed E-state index contributed by atoms with van der Waals surface area (Å²) in [5.41, 5.74) is -0.154. The summed E-state index contributed by atoms with van der Waals surface area (Å²) in [6.45, 7) is 6.93. The van der Waals surface area contributed by atoms with E-state index in [2.05, 4.69) is 16.8 Å². The molecule has 2 N–H and O–H groups in total. The number of non-ortho nitro benzene ring substituents is 1. The van der Waals surface area contributed by atoms with Crippen LogP contribution in [0.15, 0.2) is 41.8 Å². The predicted molar refractivity (Wildman–Crippen MR) is 162 cm³/mol. The Balaban J connectivity index is 1.93. The highest BCUT2D eigenvalue weighted by Crippen LogP contribution is 2.24. The highest BCUT2D eigenvalue weighted by molar-refractivity contribution is 7.89. The normalized spacial score (nSPS) is 16.1. The smallest absolute Gasteiger partial charge is 0.269 e. The molecule has 1 aliphatic rings. The van der Waals surface area contributed by atoms with Crippen LogP contribution in [-0.4, -0.2) is 78.9 Å². The summed E-state index contributed by atoms with van der Waals surface area (Å²) in [6, 6.07) is 5.60. The fourth-order valence-electron chi connectivity index (χ4n) is 5.35. The van der Waals surface area contributed by atoms with Gasteiger partial charge in [-0.1, -0.05) is 31.8 Å². The number of nitro benzene ring substituents is 1. The number of nitrogens with one attached hydrogen (secondary N) is 1. The topological polar surface area (TPSA) is 133 Å². The summed E-state index contributed by atoms with van der Waals surface area (Å²) in [5, 5.41) is 22.9. The van der Waals surface area contributed by atoms with Crippen LogP contribution in [0, 0.1) is 10.1 Å². The number of benzene rings is 1. The van der Waals surface area contributed by atoms with E-state index in [1.807, 2.05) is 0 Å². The molecule has 11 heteroatoms. The van der Waals surface area contributed by atoms with Crippen molar-refractivity contribution in [1.29, 1.82) is 0 Å². The molecule has 0 saturated carbocycles. The molecule has 0 spiro atoms. The van der Waals surface area contributed by atoms with Crippen molar-refractivity contribution < 1.29 is 23.2 Å². The van der Waals surface area contributed by atoms with Crippen LogP contribution in [0.2, 0.25) is 0 Å². The van der Waals surface area contributed by atoms with Crippen LogP contribution in [0.25, 0.3) is 0 Å². The van der Waals surface area contributed by atoms with Gasteiger partial charge in [-0.15, -0.1) is 6.58 Å². The van der Waals surface area contributed by atoms with Crippen LogP contribution in [0.5, 0.6) is 0 Å². The number of aliphatic hydroxyl groups is 1. The second-order valence-corrected chi connectivity index (χ2v) is 12.8. The molecule has 0 radical (unpaired) electrons. The minimum absolute atomic E-state index is 0.0360. The Kier molecular flexibility index (Phi) is 16.8. The van der Waals surface area contributed by atoms with E-state index in [9.17, 15) is 23.3 Å². The molecule has 0 aliphatic carbocycles. The number of carbonyl (C=O) groups excluding carboxylic acids is 1. The summed E-state index contributed by atoms with van der Waals surface area (Å²) < 4.78 is 28.4. The molecule has 1 saturated heterocycles. The number of nitrogens with zero attached hydrogens (tertiary/aromatic N) is 3. The molecule has 1 fully saturated rings. The Morgan fingerprint density at radius 3 is 2.51 bits per heavy atom. The van der Waals surface area contributed by atoms with E-state index in [4.69, 9.17) is 5.11 Å². The molecular weight excluding hydrogens is 544 g/mol. The molecule has 1 aromatic rings. The number of hydrogen-bond acceptors (Lipinski definition) is 7. The third-order valence-corrected chi connectivity index (χ3v) is 9.61. The van der Waals surface area contributed by atoms with Gasteiger partial charge < -0.3 is 15.3 Å². The molecule has 10 nitrogen and oxygen atoms in total. The standard InChI is InChI=1S/C30H50N4O6S/c1-2-3-6-16-30(36)31-21-13-25-33(41(39,40)29-19-17-28(18-20-29)34(37)38)24-11-10-23-32-22-9-8-15-27(32)14-7-4-5-12-26-35/h2,17-20,27,35H,1,3-16,21-26H2,(H,31,36)/t27-/m1/s1. The third-order valence-electron chi connectivity index (χ3n) is 7.70. The lowest BCUT2D eigenvalue weighted by molar-refractivity contribution is -0.384. The number of sulfonamides is 1. The van der Waals surface area contributed by atoms with Gasteiger partial charge in [-0.3, -0.25) is 14.9 Å². The van der Waals surface area contributed by atoms with Crippen LogP contribution >= 0.6 is 0 Å². The van der Waals surface area contributed by atoms with Crippen LogP contribution < -0.4 is 5.32 Å². The van der Waals surface area contributed by atoms with Crippen molar-refractivity contribution in [2.24, 2.45) is 0 Å². The van der Waals surface area contributed by atoms with Gasteiger partial charge in [-0.2, -0.15) is 4.31 Å². The van der Waals surface area contributed by atoms with Crippen molar-refractivity contribution >= 4 is 21.6 Å². The lowest BCUT2D eigenvalue weighted by Crippen LogP contribution is -2.40. The zero-order valence-electron chi connectivity index (χ0n) is 24.6. The molecule has 0 aromatic heterocycles. The zero-order valence-corrected chi connectivity index (χ0v) is 25.4. The van der Waals surface area contributed by atoms with Gasteiger partial charge >= 0.3 is 0 Å². The first-order valence-electron chi connectivity index (χ1n) is 15.3. The molecule has 2 rings (SSSR count). The summed E-state index contributed by atoms with van der Waals surface area (Å²) in [7, 11) is -3.84. The van der Waals surface area contributed by atoms with Gasteiger partial charge in [0.15, 0.2) is 0 Å². The van der Waals surface area contributed by atoms with Gasteiger partial charge in [-0.05, 0) is 83.0 Å². The minimum Gasteiger partial charge on any atom is -0.396 e. The number of unbranched alkanes of at least 4 members (excludes halogenated alkanes) is 5. The first-order chi connectivity index (χ1) is 19.8. The third kappa shape index (κ3) is 13.0. The van der Waals surface area contributed by atoms with Gasteiger partial charge in [0.2, 0.25) is 15.9 Å². The van der Waals surface area contributed by atoms with Crippen LogP contribution in [0.1, 0.15) is 89.9 Å². The van der Waals surface area contributed by atoms with Crippen molar-refractivity contribution in [2.75, 3.05) is 39.3 Å². The average Bonchev–Trinajstić information content (AvgIpc) is 2.96. The molecule has 1 aliphatic heterocycles. The zero-order chi connectivity index (χ0) is 29.9. The lowest BCUT2D eigenvalue weighted by atomic mass is 9.96. The number of nitro groups is 1. The van der Waals surface area contributed by atoms with Crippen molar-refractivity contribution in [2.45, 2.75) is 101 Å². The second-order valence-electron chi connectivity index (χ2n) is 10.9. The number of allylic oxidation sites excluding steroid dienone is 1. The Hall–Kier alpha value is -2.34. The van der Waals surface area contributed by atoms with Crippen molar-refractivity contribution in [3.8, 4) is 0 Å². The number of hydrogen-bond donors (Lipinski definition) is 2. The fraction of sp³-hybridized carbons (Fsp3) is 0.700. The van der Waals surface area contributed by atoms with E-state index in [0.717, 1.165) is 51.6 Å². The molecule has 0 bridgehead atoms. The van der Waals surface area contributed by atoms with Gasteiger partial charge in [0.25, 0.3) is 5.69 Å². The van der Waals surface area contributed by atoms with Crippen molar-refractivity contribution in [3.63, 3.8) is 0 Å². The number of rotatable bonds is 22. The maximum atomic E-state index is 13.5. The minimum atomic E-state index is -3.84. The van der Waals surface area contributed by atoms with E-state index in [0.29, 0.717) is 38.4 Å². The van der Waals surface area contributed by atoms with E-state index >= 15 is 0 Å². The molecule has 41 heavy (non-hydrogen) atoms. The SMILES string of the molecule is C=CCCCC(=O)NCCCN(CCCCN1CCCC[C@H]1CCCCCCO)S(=O)(=O)c1ccc([N+](=O)[O-])cc1. The van der Waals surface area contributed by atoms with Gasteiger partial charge in [0, 0.05) is 50.8 Å². The lowest BCUT2D eigenvalue weighted by Gasteiger charge is -2.36. The maximum Gasteiger partial charge on any atom is 0.269 e. The molecule has 232 valence electrons. The Morgan fingerprint density at radius 1 is 1.07 bits per heavy atom. The molecule has 0 unspecified atom stereocenters. The molecular formula is C30H50N4O6S. The molecule has 1 heterocycles. The number of carbonyl (C=O) groups is 1. The van der Waals surface area contributed by atoms with Crippen molar-refractivity contribution in [3.05, 3.63) is 47.0 Å². The number of piperidine rings is 1. The largest absolute Gasteiger partial charge is 0.396 e. The van der Waals surface area contributed by atoms with Gasteiger partial charge in [0.05, 0.1) is 9.82 Å². The predicted octanol–water partition coefficient (Wildman–Crippen LogP) is 5.03. The first-order valence-corrected chi connectivity index (χ1v) is 16.7. The van der Waals surface area contributed by atoms with Crippen LogP contribution in [0.4, 0.5) is 5.69 Å². The van der Waals surface area contributed by atoms with E-state index in [1.54, 1.807) is 6.08 Å². The monoisotopic (exact) mass is 594 g/mol. The average molecular weight is 595 g/mol. The Morgan fingerprint density at radius 2 is 1.80 bits per heavy atom. The summed E-state index contributed by atoms with van der Waals surface area (Å²) >= 11 is 0. The highest BCUT2D eigenvalue weighted by Gasteiger charge is 2.26. The summed E-state index contributed by atoms with van der Waals surface area (Å²) in [6.07, 6.45) is 14.9. The Labute approximate surface area is 246 Å². The van der Waals surface area contributed by atoms with Gasteiger partial charge in [0.1, 0.15) is 0 Å². The quantitative estimate of drug-likeness (QED) is 0.0833. The first kappa shape index (κ1) is 34.9. The van der Waals surface area contributed by atoms with Gasteiger partial charge in [-0.25, -0.2) is 8.42 Å². The van der Waals surface area contributed by atoms with Crippen LogP contribution in [0.3, 0.4) is 0 Å². The van der Waals surface area contributed by atoms with Crippen LogP contribution in [-0.2, 0) is 14.8 Å². The highest BCUT2D eigenvalue weighted by atomic mass is 32.2. The summed E-state index contributed by atoms with van der Waals surface area (Å²) in [5.74, 6) is -0.0545. The molecule has 1 aromatic carbocycles. The van der Waals surface area contributed by atoms with E-state index in [1.165, 1.54) is 60.7 Å². The number of amides is 1. The fourth-order valence-corrected chi connectivity index (χ4v) is 6.87. The molecule has 1 atom stereocenters. The van der Waals surface area contributed by atoms with E-state index in [-0.39, 0.29) is 29.6 Å². The second kappa shape index (κ2) is 19.7. The van der Waals surface area contributed by atoms with Crippen molar-refractivity contribution in [1.82, 2.24) is 14.5 Å². The molecule has 1 amide bonds. The van der Waals surface area contributed by atoms with E-state index < -0.39 is 14.9 Å². The summed E-state index contributed by atoms with van der Waals surface area (Å²) in [4.78, 5) is 25.1. The Bertz CT molecular complexity index is 1020. The number of aliphatic hydroxyl groups excluding tert-OH is 1. The maximum absolute atomic E-state index is 13.5.